The Morgan fingerprint density at radius 1 is 1.31 bits per heavy atom. The van der Waals surface area contributed by atoms with Gasteiger partial charge in [0.05, 0.1) is 4.83 Å². The Kier molecular flexibility index (Phi) is 2.39. The summed E-state index contributed by atoms with van der Waals surface area (Å²) in [6.07, 6.45) is 0.908. The van der Waals surface area contributed by atoms with E-state index in [0.717, 1.165) is 12.1 Å². The summed E-state index contributed by atoms with van der Waals surface area (Å²) in [5.41, 5.74) is 0.768. The van der Waals surface area contributed by atoms with Crippen LogP contribution in [0, 0.1) is 0 Å². The van der Waals surface area contributed by atoms with Crippen molar-refractivity contribution in [3.8, 4) is 0 Å². The number of nitrogens with zero attached hydrogens (tertiary/aromatic N) is 1. The van der Waals surface area contributed by atoms with Gasteiger partial charge in [-0.15, -0.1) is 0 Å². The molecule has 0 N–H and O–H groups in total. The van der Waals surface area contributed by atoms with Gasteiger partial charge in [0.1, 0.15) is 13.1 Å². The fourth-order valence-electron chi connectivity index (χ4n) is 1.77. The Morgan fingerprint density at radius 2 is 2.00 bits per heavy atom. The van der Waals surface area contributed by atoms with Crippen LogP contribution in [0.15, 0.2) is 30.3 Å². The lowest BCUT2D eigenvalue weighted by atomic mass is 10.3. The predicted molar refractivity (Wildman–Crippen MR) is 56.4 cm³/mol. The second-order valence-electron chi connectivity index (χ2n) is 3.49. The molecule has 1 nitrogen and oxygen atoms in total. The lowest BCUT2D eigenvalue weighted by Crippen LogP contribution is -2.37. The van der Waals surface area contributed by atoms with Gasteiger partial charge in [-0.3, -0.25) is 0 Å². The van der Waals surface area contributed by atoms with Crippen molar-refractivity contribution in [2.75, 3.05) is 13.1 Å². The SMILES string of the molecule is F[N+]1(c2ccccc2)CCC(Br)C1. The van der Waals surface area contributed by atoms with Crippen LogP contribution in [-0.2, 0) is 0 Å². The van der Waals surface area contributed by atoms with Gasteiger partial charge in [0.25, 0.3) is 0 Å². The number of halogens is 2. The molecule has 1 fully saturated rings. The quantitative estimate of drug-likeness (QED) is 0.527. The van der Waals surface area contributed by atoms with Gasteiger partial charge in [-0.25, -0.2) is 0 Å². The first kappa shape index (κ1) is 9.16. The number of rotatable bonds is 1. The third-order valence-corrected chi connectivity index (χ3v) is 3.25. The van der Waals surface area contributed by atoms with Crippen molar-refractivity contribution in [2.45, 2.75) is 11.2 Å². The molecular weight excluding hydrogens is 233 g/mol. The highest BCUT2D eigenvalue weighted by atomic mass is 79.9. The first-order chi connectivity index (χ1) is 6.21. The van der Waals surface area contributed by atoms with E-state index in [2.05, 4.69) is 15.9 Å². The molecule has 0 amide bonds. The van der Waals surface area contributed by atoms with Crippen molar-refractivity contribution >= 4 is 21.6 Å². The van der Waals surface area contributed by atoms with Gasteiger partial charge in [0, 0.05) is 23.0 Å². The molecule has 1 aromatic rings. The maximum Gasteiger partial charge on any atom is 0.171 e. The second-order valence-corrected chi connectivity index (χ2v) is 4.79. The Hall–Kier alpha value is -0.410. The third kappa shape index (κ3) is 1.76. The summed E-state index contributed by atoms with van der Waals surface area (Å²) in [5.74, 6) is 0. The first-order valence-corrected chi connectivity index (χ1v) is 5.39. The summed E-state index contributed by atoms with van der Waals surface area (Å²) in [6.45, 7) is 1.13. The van der Waals surface area contributed by atoms with E-state index in [9.17, 15) is 4.48 Å². The Balaban J connectivity index is 2.26. The van der Waals surface area contributed by atoms with Crippen LogP contribution in [-0.4, -0.2) is 17.9 Å². The number of hydrogen-bond acceptors (Lipinski definition) is 0. The summed E-state index contributed by atoms with van der Waals surface area (Å²) in [7, 11) is 0. The number of benzene rings is 1. The summed E-state index contributed by atoms with van der Waals surface area (Å²) >= 11 is 3.46. The molecule has 1 aliphatic rings. The molecule has 0 bridgehead atoms. The molecular formula is C10H12BrFN+. The molecule has 0 radical (unpaired) electrons. The second kappa shape index (κ2) is 3.39. The van der Waals surface area contributed by atoms with Crippen molar-refractivity contribution in [3.05, 3.63) is 30.3 Å². The van der Waals surface area contributed by atoms with Crippen LogP contribution in [0.1, 0.15) is 6.42 Å². The van der Waals surface area contributed by atoms with Crippen molar-refractivity contribution in [2.24, 2.45) is 0 Å². The molecule has 0 saturated carbocycles. The lowest BCUT2D eigenvalue weighted by molar-refractivity contribution is 0.0648. The van der Waals surface area contributed by atoms with E-state index in [1.165, 1.54) is 0 Å². The first-order valence-electron chi connectivity index (χ1n) is 4.47. The highest BCUT2D eigenvalue weighted by Crippen LogP contribution is 2.32. The maximum absolute atomic E-state index is 14.2. The van der Waals surface area contributed by atoms with E-state index in [1.807, 2.05) is 30.3 Å². The molecule has 2 unspecified atom stereocenters. The summed E-state index contributed by atoms with van der Waals surface area (Å²) < 4.78 is 13.8. The van der Waals surface area contributed by atoms with Crippen LogP contribution in [0.5, 0.6) is 0 Å². The molecule has 0 spiro atoms. The number of alkyl halides is 1. The Bertz CT molecular complexity index is 290. The van der Waals surface area contributed by atoms with E-state index in [-0.39, 0.29) is 0 Å². The van der Waals surface area contributed by atoms with Crippen LogP contribution in [0.4, 0.5) is 10.2 Å². The highest BCUT2D eigenvalue weighted by molar-refractivity contribution is 9.09. The minimum absolute atomic E-state index is 0.317. The average Bonchev–Trinajstić information content (AvgIpc) is 2.49. The average molecular weight is 245 g/mol. The van der Waals surface area contributed by atoms with E-state index in [1.54, 1.807) is 0 Å². The molecule has 3 heteroatoms. The monoisotopic (exact) mass is 244 g/mol. The number of hydrogen-bond donors (Lipinski definition) is 0. The largest absolute Gasteiger partial charge is 0.171 e. The fraction of sp³-hybridized carbons (Fsp3) is 0.400. The van der Waals surface area contributed by atoms with E-state index in [0.29, 0.717) is 17.9 Å². The van der Waals surface area contributed by atoms with Crippen molar-refractivity contribution in [1.29, 1.82) is 0 Å². The van der Waals surface area contributed by atoms with Gasteiger partial charge < -0.3 is 0 Å². The Labute approximate surface area is 85.8 Å². The zero-order chi connectivity index (χ0) is 9.31. The minimum Gasteiger partial charge on any atom is -0.0970 e. The van der Waals surface area contributed by atoms with Gasteiger partial charge in [-0.05, 0) is 0 Å². The zero-order valence-electron chi connectivity index (χ0n) is 7.29. The van der Waals surface area contributed by atoms with Crippen LogP contribution in [0.2, 0.25) is 0 Å². The van der Waals surface area contributed by atoms with Crippen LogP contribution >= 0.6 is 15.9 Å². The van der Waals surface area contributed by atoms with E-state index in [4.69, 9.17) is 0 Å². The van der Waals surface area contributed by atoms with E-state index >= 15 is 0 Å². The standard InChI is InChI=1S/C10H12BrFN/c11-9-6-7-13(12,8-9)10-4-2-1-3-5-10/h1-5,9H,6-8H2/q+1. The normalized spacial score (nSPS) is 33.5. The summed E-state index contributed by atoms with van der Waals surface area (Å²) in [4.78, 5) is 0.317. The predicted octanol–water partition coefficient (Wildman–Crippen LogP) is 3.05. The highest BCUT2D eigenvalue weighted by Gasteiger charge is 2.40. The molecule has 0 aliphatic carbocycles. The molecule has 1 aliphatic heterocycles. The Morgan fingerprint density at radius 3 is 2.54 bits per heavy atom. The number of quaternary nitrogens is 1. The number of para-hydroxylation sites is 1. The molecule has 1 aromatic carbocycles. The van der Waals surface area contributed by atoms with Gasteiger partial charge in [0.15, 0.2) is 5.69 Å². The molecule has 0 aromatic heterocycles. The smallest absolute Gasteiger partial charge is 0.0970 e. The molecule has 13 heavy (non-hydrogen) atoms. The van der Waals surface area contributed by atoms with Crippen LogP contribution in [0.3, 0.4) is 0 Å². The van der Waals surface area contributed by atoms with Crippen LogP contribution in [0.25, 0.3) is 0 Å². The van der Waals surface area contributed by atoms with Crippen LogP contribution < -0.4 is 4.71 Å². The lowest BCUT2D eigenvalue weighted by Gasteiger charge is -2.19. The van der Waals surface area contributed by atoms with Crippen molar-refractivity contribution in [1.82, 2.24) is 4.71 Å². The summed E-state index contributed by atoms with van der Waals surface area (Å²) in [5, 5.41) is 0. The summed E-state index contributed by atoms with van der Waals surface area (Å²) in [6, 6.07) is 9.39. The van der Waals surface area contributed by atoms with Crippen molar-refractivity contribution in [3.63, 3.8) is 0 Å². The third-order valence-electron chi connectivity index (χ3n) is 2.50. The molecule has 70 valence electrons. The minimum atomic E-state index is -0.420. The maximum atomic E-state index is 14.2. The molecule has 1 heterocycles. The van der Waals surface area contributed by atoms with Gasteiger partial charge in [0.2, 0.25) is 0 Å². The molecule has 2 rings (SSSR count). The molecule has 1 saturated heterocycles. The van der Waals surface area contributed by atoms with E-state index < -0.39 is 4.71 Å². The van der Waals surface area contributed by atoms with Gasteiger partial charge in [-0.2, -0.15) is 0 Å². The topological polar surface area (TPSA) is 0 Å². The van der Waals surface area contributed by atoms with Gasteiger partial charge >= 0.3 is 0 Å². The zero-order valence-corrected chi connectivity index (χ0v) is 8.87. The van der Waals surface area contributed by atoms with Crippen molar-refractivity contribution < 1.29 is 4.48 Å². The fourth-order valence-corrected chi connectivity index (χ4v) is 2.43. The molecule has 2 atom stereocenters. The van der Waals surface area contributed by atoms with Gasteiger partial charge in [-0.1, -0.05) is 38.8 Å².